The lowest BCUT2D eigenvalue weighted by atomic mass is 10.1. The maximum atomic E-state index is 11.4. The van der Waals surface area contributed by atoms with E-state index < -0.39 is 5.97 Å². The van der Waals surface area contributed by atoms with Crippen molar-refractivity contribution in [1.29, 1.82) is 0 Å². The first-order valence-electron chi connectivity index (χ1n) is 5.56. The fraction of sp³-hybridized carbons (Fsp3) is 0.308. The second kappa shape index (κ2) is 4.49. The van der Waals surface area contributed by atoms with E-state index in [9.17, 15) is 4.79 Å². The summed E-state index contributed by atoms with van der Waals surface area (Å²) in [5.41, 5.74) is 8.24. The highest BCUT2D eigenvalue weighted by Gasteiger charge is 2.14. The van der Waals surface area contributed by atoms with E-state index in [-0.39, 0.29) is 5.76 Å². The Bertz CT molecular complexity index is 557. The van der Waals surface area contributed by atoms with Gasteiger partial charge in [-0.2, -0.15) is 0 Å². The average Bonchev–Trinajstić information content (AvgIpc) is 2.72. The molecular formula is C13H15NO3. The standard InChI is InChI=1S/C13H15NO3/c1-3-4-8-5-10(14)6-9-7-11(13(15)16-2)17-12(8)9/h5-7H,3-4,14H2,1-2H3. The van der Waals surface area contributed by atoms with Crippen LogP contribution < -0.4 is 5.73 Å². The van der Waals surface area contributed by atoms with Crippen LogP contribution in [0.1, 0.15) is 29.5 Å². The van der Waals surface area contributed by atoms with Gasteiger partial charge in [-0.1, -0.05) is 13.3 Å². The predicted molar refractivity (Wildman–Crippen MR) is 66.0 cm³/mol. The number of carbonyl (C=O) groups excluding carboxylic acids is 1. The van der Waals surface area contributed by atoms with E-state index in [1.54, 1.807) is 12.1 Å². The quantitative estimate of drug-likeness (QED) is 0.654. The number of anilines is 1. The summed E-state index contributed by atoms with van der Waals surface area (Å²) in [5.74, 6) is -0.257. The fourth-order valence-electron chi connectivity index (χ4n) is 1.91. The van der Waals surface area contributed by atoms with Crippen LogP contribution >= 0.6 is 0 Å². The van der Waals surface area contributed by atoms with Gasteiger partial charge >= 0.3 is 5.97 Å². The van der Waals surface area contributed by atoms with Gasteiger partial charge in [-0.05, 0) is 30.2 Å². The number of aryl methyl sites for hydroxylation is 1. The van der Waals surface area contributed by atoms with Crippen LogP contribution in [0.5, 0.6) is 0 Å². The van der Waals surface area contributed by atoms with E-state index in [4.69, 9.17) is 10.2 Å². The SMILES string of the molecule is CCCc1cc(N)cc2cc(C(=O)OC)oc12. The zero-order valence-corrected chi connectivity index (χ0v) is 9.95. The molecule has 4 heteroatoms. The number of hydrogen-bond donors (Lipinski definition) is 1. The van der Waals surface area contributed by atoms with E-state index in [1.165, 1.54) is 7.11 Å². The maximum Gasteiger partial charge on any atom is 0.373 e. The second-order valence-electron chi connectivity index (χ2n) is 3.95. The molecule has 17 heavy (non-hydrogen) atoms. The number of fused-ring (bicyclic) bond motifs is 1. The summed E-state index contributed by atoms with van der Waals surface area (Å²) in [5, 5.41) is 0.842. The second-order valence-corrected chi connectivity index (χ2v) is 3.95. The van der Waals surface area contributed by atoms with Crippen molar-refractivity contribution in [2.45, 2.75) is 19.8 Å². The molecule has 0 radical (unpaired) electrons. The van der Waals surface area contributed by atoms with Gasteiger partial charge in [0, 0.05) is 11.1 Å². The lowest BCUT2D eigenvalue weighted by molar-refractivity contribution is 0.0567. The first kappa shape index (κ1) is 11.5. The predicted octanol–water partition coefficient (Wildman–Crippen LogP) is 2.75. The number of methoxy groups -OCH3 is 1. The first-order valence-corrected chi connectivity index (χ1v) is 5.56. The van der Waals surface area contributed by atoms with Crippen LogP contribution in [0.15, 0.2) is 22.6 Å². The maximum absolute atomic E-state index is 11.4. The summed E-state index contributed by atoms with van der Waals surface area (Å²) in [6, 6.07) is 5.34. The number of esters is 1. The van der Waals surface area contributed by atoms with Crippen LogP contribution in [0.25, 0.3) is 11.0 Å². The minimum atomic E-state index is -0.470. The molecule has 0 aliphatic rings. The van der Waals surface area contributed by atoms with Crippen molar-refractivity contribution in [3.8, 4) is 0 Å². The van der Waals surface area contributed by atoms with Crippen molar-refractivity contribution in [3.63, 3.8) is 0 Å². The number of furan rings is 1. The van der Waals surface area contributed by atoms with Gasteiger partial charge in [-0.3, -0.25) is 0 Å². The van der Waals surface area contributed by atoms with Gasteiger partial charge in [0.25, 0.3) is 0 Å². The van der Waals surface area contributed by atoms with Gasteiger partial charge in [0.05, 0.1) is 7.11 Å². The molecule has 0 bridgehead atoms. The minimum absolute atomic E-state index is 0.213. The summed E-state index contributed by atoms with van der Waals surface area (Å²) in [7, 11) is 1.33. The molecule has 0 aliphatic carbocycles. The molecule has 2 N–H and O–H groups in total. The summed E-state index contributed by atoms with van der Waals surface area (Å²) in [6.07, 6.45) is 1.86. The first-order chi connectivity index (χ1) is 8.15. The summed E-state index contributed by atoms with van der Waals surface area (Å²) in [4.78, 5) is 11.4. The van der Waals surface area contributed by atoms with Crippen LogP contribution in [0.3, 0.4) is 0 Å². The van der Waals surface area contributed by atoms with Gasteiger partial charge in [-0.25, -0.2) is 4.79 Å². The average molecular weight is 233 g/mol. The molecule has 1 aromatic heterocycles. The van der Waals surface area contributed by atoms with Crippen molar-refractivity contribution in [3.05, 3.63) is 29.5 Å². The Hall–Kier alpha value is -1.97. The Kier molecular flexibility index (Phi) is 3.04. The van der Waals surface area contributed by atoms with Crippen LogP contribution in [-0.4, -0.2) is 13.1 Å². The lowest BCUT2D eigenvalue weighted by Crippen LogP contribution is -1.98. The highest BCUT2D eigenvalue weighted by atomic mass is 16.5. The molecule has 1 heterocycles. The Morgan fingerprint density at radius 2 is 2.18 bits per heavy atom. The van der Waals surface area contributed by atoms with E-state index in [0.717, 1.165) is 29.4 Å². The van der Waals surface area contributed by atoms with Gasteiger partial charge in [0.1, 0.15) is 5.58 Å². The lowest BCUT2D eigenvalue weighted by Gasteiger charge is -2.01. The zero-order valence-electron chi connectivity index (χ0n) is 9.95. The van der Waals surface area contributed by atoms with E-state index >= 15 is 0 Å². The Morgan fingerprint density at radius 1 is 1.41 bits per heavy atom. The molecule has 0 spiro atoms. The molecule has 0 saturated heterocycles. The van der Waals surface area contributed by atoms with Gasteiger partial charge in [0.2, 0.25) is 5.76 Å². The number of nitrogen functional groups attached to an aromatic ring is 1. The Morgan fingerprint density at radius 3 is 2.82 bits per heavy atom. The number of rotatable bonds is 3. The van der Waals surface area contributed by atoms with Crippen molar-refractivity contribution in [1.82, 2.24) is 0 Å². The number of hydrogen-bond acceptors (Lipinski definition) is 4. The number of carbonyl (C=O) groups is 1. The number of ether oxygens (including phenoxy) is 1. The number of benzene rings is 1. The third-order valence-corrected chi connectivity index (χ3v) is 2.62. The fourth-order valence-corrected chi connectivity index (χ4v) is 1.91. The normalized spacial score (nSPS) is 10.7. The third kappa shape index (κ3) is 2.11. The van der Waals surface area contributed by atoms with Crippen LogP contribution in [0.4, 0.5) is 5.69 Å². The van der Waals surface area contributed by atoms with Crippen molar-refractivity contribution in [2.75, 3.05) is 12.8 Å². The molecular weight excluding hydrogens is 218 g/mol. The molecule has 2 aromatic rings. The molecule has 0 amide bonds. The van der Waals surface area contributed by atoms with Crippen molar-refractivity contribution in [2.24, 2.45) is 0 Å². The summed E-state index contributed by atoms with van der Waals surface area (Å²) in [6.45, 7) is 2.08. The Balaban J connectivity index is 2.58. The van der Waals surface area contributed by atoms with Crippen LogP contribution in [-0.2, 0) is 11.2 Å². The van der Waals surface area contributed by atoms with E-state index in [0.29, 0.717) is 5.69 Å². The van der Waals surface area contributed by atoms with Crippen LogP contribution in [0, 0.1) is 0 Å². The van der Waals surface area contributed by atoms with Gasteiger partial charge < -0.3 is 14.9 Å². The molecule has 4 nitrogen and oxygen atoms in total. The minimum Gasteiger partial charge on any atom is -0.463 e. The highest BCUT2D eigenvalue weighted by molar-refractivity contribution is 5.94. The molecule has 90 valence electrons. The topological polar surface area (TPSA) is 65.5 Å². The van der Waals surface area contributed by atoms with Gasteiger partial charge in [0.15, 0.2) is 0 Å². The smallest absolute Gasteiger partial charge is 0.373 e. The molecule has 0 fully saturated rings. The largest absolute Gasteiger partial charge is 0.463 e. The zero-order chi connectivity index (χ0) is 12.4. The molecule has 1 aromatic carbocycles. The van der Waals surface area contributed by atoms with Crippen LogP contribution in [0.2, 0.25) is 0 Å². The van der Waals surface area contributed by atoms with Crippen molar-refractivity contribution < 1.29 is 13.9 Å². The molecule has 0 saturated carbocycles. The van der Waals surface area contributed by atoms with Gasteiger partial charge in [-0.15, -0.1) is 0 Å². The summed E-state index contributed by atoms with van der Waals surface area (Å²) < 4.78 is 10.2. The highest BCUT2D eigenvalue weighted by Crippen LogP contribution is 2.27. The summed E-state index contributed by atoms with van der Waals surface area (Å²) >= 11 is 0. The molecule has 2 rings (SSSR count). The monoisotopic (exact) mass is 233 g/mol. The van der Waals surface area contributed by atoms with Crippen molar-refractivity contribution >= 4 is 22.6 Å². The molecule has 0 aliphatic heterocycles. The molecule has 0 atom stereocenters. The number of nitrogens with two attached hydrogens (primary N) is 1. The Labute approximate surface area is 99.3 Å². The van der Waals surface area contributed by atoms with E-state index in [2.05, 4.69) is 11.7 Å². The third-order valence-electron chi connectivity index (χ3n) is 2.62. The van der Waals surface area contributed by atoms with E-state index in [1.807, 2.05) is 6.07 Å². The molecule has 0 unspecified atom stereocenters.